The Morgan fingerprint density at radius 1 is 0.852 bits per heavy atom. The van der Waals surface area contributed by atoms with Crippen molar-refractivity contribution in [2.45, 2.75) is 20.1 Å². The van der Waals surface area contributed by atoms with Crippen LogP contribution in [0.15, 0.2) is 66.7 Å². The van der Waals surface area contributed by atoms with Crippen LogP contribution in [0.4, 0.5) is 5.69 Å². The molecule has 1 N–H and O–H groups in total. The molecule has 0 aliphatic carbocycles. The van der Waals surface area contributed by atoms with E-state index in [0.29, 0.717) is 29.8 Å². The number of halogens is 2. The summed E-state index contributed by atoms with van der Waals surface area (Å²) in [7, 11) is 0. The second kappa shape index (κ2) is 9.54. The Morgan fingerprint density at radius 3 is 2.41 bits per heavy atom. The van der Waals surface area contributed by atoms with Gasteiger partial charge in [0.25, 0.3) is 0 Å². The van der Waals surface area contributed by atoms with Crippen molar-refractivity contribution in [2.75, 3.05) is 11.9 Å². The van der Waals surface area contributed by atoms with Gasteiger partial charge in [-0.15, -0.1) is 0 Å². The molecule has 0 amide bonds. The highest BCUT2D eigenvalue weighted by atomic mass is 35.5. The molecule has 0 saturated carbocycles. The van der Waals surface area contributed by atoms with Crippen molar-refractivity contribution in [2.24, 2.45) is 0 Å². The zero-order valence-corrected chi connectivity index (χ0v) is 16.6. The molecule has 3 aromatic rings. The van der Waals surface area contributed by atoms with Crippen molar-refractivity contribution in [3.8, 4) is 11.5 Å². The summed E-state index contributed by atoms with van der Waals surface area (Å²) in [5, 5.41) is 4.41. The van der Waals surface area contributed by atoms with Crippen LogP contribution in [-0.4, -0.2) is 6.61 Å². The number of nitrogens with one attached hydrogen (secondary N) is 1. The molecule has 3 aromatic carbocycles. The van der Waals surface area contributed by atoms with E-state index >= 15 is 0 Å². The largest absolute Gasteiger partial charge is 0.490 e. The molecule has 0 bridgehead atoms. The summed E-state index contributed by atoms with van der Waals surface area (Å²) in [6, 6.07) is 21.4. The van der Waals surface area contributed by atoms with Crippen LogP contribution in [0.3, 0.4) is 0 Å². The Morgan fingerprint density at radius 2 is 1.67 bits per heavy atom. The molecule has 0 aliphatic heterocycles. The monoisotopic (exact) mass is 401 g/mol. The van der Waals surface area contributed by atoms with Gasteiger partial charge in [0.2, 0.25) is 0 Å². The van der Waals surface area contributed by atoms with E-state index in [0.717, 1.165) is 28.3 Å². The molecule has 0 fully saturated rings. The Bertz CT molecular complexity index is 885. The van der Waals surface area contributed by atoms with E-state index in [-0.39, 0.29) is 0 Å². The average molecular weight is 402 g/mol. The lowest BCUT2D eigenvalue weighted by atomic mass is 10.1. The Hall–Kier alpha value is -2.36. The molecule has 0 radical (unpaired) electrons. The van der Waals surface area contributed by atoms with Crippen molar-refractivity contribution in [1.29, 1.82) is 0 Å². The van der Waals surface area contributed by atoms with Crippen molar-refractivity contribution < 1.29 is 9.47 Å². The van der Waals surface area contributed by atoms with Crippen LogP contribution < -0.4 is 14.8 Å². The van der Waals surface area contributed by atoms with E-state index in [9.17, 15) is 0 Å². The second-order valence-electron chi connectivity index (χ2n) is 5.93. The summed E-state index contributed by atoms with van der Waals surface area (Å²) in [6.07, 6.45) is 0. The fourth-order valence-electron chi connectivity index (χ4n) is 2.67. The van der Waals surface area contributed by atoms with E-state index in [4.69, 9.17) is 32.7 Å². The van der Waals surface area contributed by atoms with Crippen LogP contribution in [-0.2, 0) is 13.2 Å². The van der Waals surface area contributed by atoms with Crippen LogP contribution in [0.5, 0.6) is 11.5 Å². The Labute approximate surface area is 169 Å². The number of anilines is 1. The predicted octanol–water partition coefficient (Wildman–Crippen LogP) is 6.58. The van der Waals surface area contributed by atoms with Gasteiger partial charge in [-0.3, -0.25) is 0 Å². The summed E-state index contributed by atoms with van der Waals surface area (Å²) in [6.45, 7) is 3.58. The molecule has 3 rings (SSSR count). The third-order valence-corrected chi connectivity index (χ3v) is 4.73. The van der Waals surface area contributed by atoms with E-state index in [1.807, 2.05) is 61.5 Å². The van der Waals surface area contributed by atoms with Gasteiger partial charge in [0.15, 0.2) is 11.5 Å². The van der Waals surface area contributed by atoms with E-state index in [1.54, 1.807) is 12.1 Å². The number of hydrogen-bond donors (Lipinski definition) is 1. The molecule has 27 heavy (non-hydrogen) atoms. The first-order valence-corrected chi connectivity index (χ1v) is 9.53. The van der Waals surface area contributed by atoms with Gasteiger partial charge in [0.1, 0.15) is 6.61 Å². The van der Waals surface area contributed by atoms with Gasteiger partial charge in [0.05, 0.1) is 16.7 Å². The first-order valence-electron chi connectivity index (χ1n) is 8.77. The highest BCUT2D eigenvalue weighted by molar-refractivity contribution is 6.42. The molecule has 0 aromatic heterocycles. The van der Waals surface area contributed by atoms with Gasteiger partial charge in [-0.2, -0.15) is 0 Å². The number of hydrogen-bond acceptors (Lipinski definition) is 3. The third kappa shape index (κ3) is 5.31. The van der Waals surface area contributed by atoms with Gasteiger partial charge >= 0.3 is 0 Å². The van der Waals surface area contributed by atoms with Crippen LogP contribution in [0.2, 0.25) is 10.0 Å². The van der Waals surface area contributed by atoms with Crippen molar-refractivity contribution >= 4 is 28.9 Å². The lowest BCUT2D eigenvalue weighted by Gasteiger charge is -2.17. The molecule has 0 aliphatic rings. The van der Waals surface area contributed by atoms with Crippen molar-refractivity contribution in [3.63, 3.8) is 0 Å². The van der Waals surface area contributed by atoms with Crippen LogP contribution in [0.25, 0.3) is 0 Å². The normalized spacial score (nSPS) is 10.5. The van der Waals surface area contributed by atoms with Gasteiger partial charge in [-0.25, -0.2) is 0 Å². The van der Waals surface area contributed by atoms with E-state index in [2.05, 4.69) is 5.32 Å². The van der Waals surface area contributed by atoms with Gasteiger partial charge < -0.3 is 14.8 Å². The molecule has 0 spiro atoms. The lowest BCUT2D eigenvalue weighted by Crippen LogP contribution is -2.06. The van der Waals surface area contributed by atoms with Crippen LogP contribution >= 0.6 is 23.2 Å². The number of ether oxygens (including phenoxy) is 2. The van der Waals surface area contributed by atoms with Crippen LogP contribution in [0, 0.1) is 0 Å². The highest BCUT2D eigenvalue weighted by Gasteiger charge is 2.12. The molecule has 0 atom stereocenters. The summed E-state index contributed by atoms with van der Waals surface area (Å²) in [5.74, 6) is 1.48. The maximum Gasteiger partial charge on any atom is 0.166 e. The van der Waals surface area contributed by atoms with Crippen LogP contribution in [0.1, 0.15) is 18.1 Å². The van der Waals surface area contributed by atoms with E-state index < -0.39 is 0 Å². The first-order chi connectivity index (χ1) is 13.2. The average Bonchev–Trinajstić information content (AvgIpc) is 2.69. The fourth-order valence-corrected chi connectivity index (χ4v) is 2.96. The summed E-state index contributed by atoms with van der Waals surface area (Å²) < 4.78 is 11.9. The molecular formula is C22H21Cl2NO2. The maximum atomic E-state index is 6.13. The van der Waals surface area contributed by atoms with E-state index in [1.165, 1.54) is 0 Å². The standard InChI is InChI=1S/C22H21Cl2NO2/c1-2-26-21-10-6-9-17(14-25-18-11-12-19(23)20(24)13-18)22(21)27-15-16-7-4-3-5-8-16/h3-13,25H,2,14-15H2,1H3. The SMILES string of the molecule is CCOc1cccc(CNc2ccc(Cl)c(Cl)c2)c1OCc1ccccc1. The zero-order chi connectivity index (χ0) is 19.1. The van der Waals surface area contributed by atoms with Gasteiger partial charge in [-0.05, 0) is 36.8 Å². The number of rotatable bonds is 8. The second-order valence-corrected chi connectivity index (χ2v) is 6.75. The lowest BCUT2D eigenvalue weighted by molar-refractivity contribution is 0.267. The van der Waals surface area contributed by atoms with Crippen molar-refractivity contribution in [3.05, 3.63) is 87.9 Å². The molecule has 0 unspecified atom stereocenters. The maximum absolute atomic E-state index is 6.13. The molecule has 0 saturated heterocycles. The minimum absolute atomic E-state index is 0.477. The molecular weight excluding hydrogens is 381 g/mol. The third-order valence-electron chi connectivity index (χ3n) is 3.99. The number of para-hydroxylation sites is 1. The summed E-state index contributed by atoms with van der Waals surface area (Å²) >= 11 is 12.1. The highest BCUT2D eigenvalue weighted by Crippen LogP contribution is 2.33. The quantitative estimate of drug-likeness (QED) is 0.462. The molecule has 0 heterocycles. The minimum Gasteiger partial charge on any atom is -0.490 e. The first kappa shape index (κ1) is 19.4. The molecule has 140 valence electrons. The minimum atomic E-state index is 0.477. The number of benzene rings is 3. The Balaban J connectivity index is 1.78. The Kier molecular flexibility index (Phi) is 6.86. The van der Waals surface area contributed by atoms with Gasteiger partial charge in [-0.1, -0.05) is 65.7 Å². The fraction of sp³-hybridized carbons (Fsp3) is 0.182. The predicted molar refractivity (Wildman–Crippen MR) is 112 cm³/mol. The topological polar surface area (TPSA) is 30.5 Å². The molecule has 3 nitrogen and oxygen atoms in total. The molecule has 5 heteroatoms. The summed E-state index contributed by atoms with van der Waals surface area (Å²) in [5.41, 5.74) is 3.00. The van der Waals surface area contributed by atoms with Crippen molar-refractivity contribution in [1.82, 2.24) is 0 Å². The smallest absolute Gasteiger partial charge is 0.166 e. The van der Waals surface area contributed by atoms with Gasteiger partial charge in [0, 0.05) is 17.8 Å². The summed E-state index contributed by atoms with van der Waals surface area (Å²) in [4.78, 5) is 0. The zero-order valence-electron chi connectivity index (χ0n) is 15.0.